The van der Waals surface area contributed by atoms with Crippen molar-refractivity contribution in [1.29, 1.82) is 0 Å². The van der Waals surface area contributed by atoms with Gasteiger partial charge >= 0.3 is 0 Å². The molecule has 1 saturated carbocycles. The van der Waals surface area contributed by atoms with Crippen molar-refractivity contribution in [3.63, 3.8) is 0 Å². The molecule has 2 aromatic rings. The lowest BCUT2D eigenvalue weighted by Crippen LogP contribution is -2.41. The normalized spacial score (nSPS) is 18.3. The van der Waals surface area contributed by atoms with Crippen LogP contribution in [0.25, 0.3) is 0 Å². The van der Waals surface area contributed by atoms with Crippen LogP contribution in [-0.4, -0.2) is 40.1 Å². The van der Waals surface area contributed by atoms with E-state index in [0.29, 0.717) is 37.1 Å². The second kappa shape index (κ2) is 7.53. The predicted octanol–water partition coefficient (Wildman–Crippen LogP) is 2.84. The van der Waals surface area contributed by atoms with Crippen LogP contribution in [0.4, 0.5) is 4.39 Å². The Morgan fingerprint density at radius 2 is 2.08 bits per heavy atom. The van der Waals surface area contributed by atoms with Gasteiger partial charge in [0.1, 0.15) is 12.4 Å². The summed E-state index contributed by atoms with van der Waals surface area (Å²) in [6.45, 7) is 1.62. The van der Waals surface area contributed by atoms with Crippen molar-refractivity contribution in [3.05, 3.63) is 47.4 Å². The number of rotatable bonds is 6. The van der Waals surface area contributed by atoms with Gasteiger partial charge in [-0.1, -0.05) is 17.3 Å². The van der Waals surface area contributed by atoms with Crippen LogP contribution in [0, 0.1) is 5.82 Å². The first kappa shape index (κ1) is 17.1. The summed E-state index contributed by atoms with van der Waals surface area (Å²) in [5.41, 5.74) is 0.705. The van der Waals surface area contributed by atoms with Crippen LogP contribution in [0.15, 0.2) is 28.8 Å². The minimum Gasteiger partial charge on any atom is -0.368 e. The molecule has 1 amide bonds. The van der Waals surface area contributed by atoms with Crippen molar-refractivity contribution in [3.8, 4) is 0 Å². The first-order valence-electron chi connectivity index (χ1n) is 9.13. The number of hydrogen-bond donors (Lipinski definition) is 0. The number of likely N-dealkylation sites (tertiary alicyclic amines) is 1. The second-order valence-electron chi connectivity index (χ2n) is 7.02. The average molecular weight is 359 g/mol. The Balaban J connectivity index is 1.21. The molecule has 2 fully saturated rings. The van der Waals surface area contributed by atoms with Crippen molar-refractivity contribution in [2.45, 2.75) is 50.7 Å². The number of carbonyl (C=O) groups excluding carboxylic acids is 1. The number of piperidine rings is 1. The third-order valence-corrected chi connectivity index (χ3v) is 4.91. The van der Waals surface area contributed by atoms with Gasteiger partial charge in [-0.3, -0.25) is 4.79 Å². The first-order valence-corrected chi connectivity index (χ1v) is 9.13. The molecular formula is C19H22FN3O3. The summed E-state index contributed by atoms with van der Waals surface area (Å²) in [5, 5.41) is 3.98. The fourth-order valence-corrected chi connectivity index (χ4v) is 3.23. The standard InChI is InChI=1S/C19H22FN3O3/c20-15-3-1-2-13(10-15)11-18(24)23-8-6-16(7-9-23)25-12-17-21-19(22-26-17)14-4-5-14/h1-3,10,14,16H,4-9,11-12H2. The predicted molar refractivity (Wildman–Crippen MR) is 90.8 cm³/mol. The summed E-state index contributed by atoms with van der Waals surface area (Å²) in [7, 11) is 0. The van der Waals surface area contributed by atoms with Crippen molar-refractivity contribution in [2.24, 2.45) is 0 Å². The van der Waals surface area contributed by atoms with Gasteiger partial charge in [-0.15, -0.1) is 0 Å². The number of aromatic nitrogens is 2. The van der Waals surface area contributed by atoms with E-state index in [1.54, 1.807) is 12.1 Å². The number of hydrogen-bond acceptors (Lipinski definition) is 5. The molecule has 2 aliphatic rings. The molecule has 2 heterocycles. The molecule has 1 aliphatic carbocycles. The molecule has 0 radical (unpaired) electrons. The monoisotopic (exact) mass is 359 g/mol. The Kier molecular flexibility index (Phi) is 4.97. The topological polar surface area (TPSA) is 68.5 Å². The van der Waals surface area contributed by atoms with E-state index in [2.05, 4.69) is 10.1 Å². The molecule has 1 saturated heterocycles. The van der Waals surface area contributed by atoms with E-state index in [1.807, 2.05) is 4.90 Å². The van der Waals surface area contributed by atoms with E-state index < -0.39 is 0 Å². The maximum Gasteiger partial charge on any atom is 0.252 e. The Morgan fingerprint density at radius 3 is 2.81 bits per heavy atom. The minimum absolute atomic E-state index is 0.0278. The molecule has 0 bridgehead atoms. The van der Waals surface area contributed by atoms with Gasteiger partial charge in [-0.05, 0) is 43.4 Å². The molecule has 6 nitrogen and oxygen atoms in total. The van der Waals surface area contributed by atoms with E-state index in [-0.39, 0.29) is 24.2 Å². The highest BCUT2D eigenvalue weighted by Crippen LogP contribution is 2.38. The maximum atomic E-state index is 13.2. The van der Waals surface area contributed by atoms with Gasteiger partial charge < -0.3 is 14.2 Å². The fraction of sp³-hybridized carbons (Fsp3) is 0.526. The Bertz CT molecular complexity index is 767. The van der Waals surface area contributed by atoms with Gasteiger partial charge in [-0.2, -0.15) is 4.98 Å². The van der Waals surface area contributed by atoms with E-state index in [4.69, 9.17) is 9.26 Å². The van der Waals surface area contributed by atoms with E-state index in [1.165, 1.54) is 12.1 Å². The third kappa shape index (κ3) is 4.27. The third-order valence-electron chi connectivity index (χ3n) is 4.91. The van der Waals surface area contributed by atoms with Gasteiger partial charge in [0.2, 0.25) is 5.91 Å². The zero-order valence-electron chi connectivity index (χ0n) is 14.6. The Hall–Kier alpha value is -2.28. The van der Waals surface area contributed by atoms with Crippen molar-refractivity contribution >= 4 is 5.91 Å². The van der Waals surface area contributed by atoms with Crippen LogP contribution in [0.3, 0.4) is 0 Å². The Labute approximate surface area is 151 Å². The molecule has 0 unspecified atom stereocenters. The van der Waals surface area contributed by atoms with Gasteiger partial charge in [0.05, 0.1) is 12.5 Å². The van der Waals surface area contributed by atoms with Gasteiger partial charge in [-0.25, -0.2) is 4.39 Å². The van der Waals surface area contributed by atoms with Crippen LogP contribution in [0.1, 0.15) is 48.9 Å². The highest BCUT2D eigenvalue weighted by molar-refractivity contribution is 5.78. The molecule has 138 valence electrons. The summed E-state index contributed by atoms with van der Waals surface area (Å²) in [4.78, 5) is 18.5. The lowest BCUT2D eigenvalue weighted by Gasteiger charge is -2.31. The number of nitrogens with zero attached hydrogens (tertiary/aromatic N) is 3. The van der Waals surface area contributed by atoms with Gasteiger partial charge in [0.25, 0.3) is 5.89 Å². The lowest BCUT2D eigenvalue weighted by molar-refractivity contribution is -0.133. The van der Waals surface area contributed by atoms with Gasteiger partial charge in [0, 0.05) is 19.0 Å². The van der Waals surface area contributed by atoms with Crippen molar-refractivity contribution in [2.75, 3.05) is 13.1 Å². The van der Waals surface area contributed by atoms with E-state index >= 15 is 0 Å². The number of carbonyl (C=O) groups is 1. The summed E-state index contributed by atoms with van der Waals surface area (Å²) in [6.07, 6.45) is 4.15. The maximum absolute atomic E-state index is 13.2. The molecule has 26 heavy (non-hydrogen) atoms. The zero-order valence-corrected chi connectivity index (χ0v) is 14.6. The molecule has 4 rings (SSSR count). The van der Waals surface area contributed by atoms with Crippen LogP contribution in [0.5, 0.6) is 0 Å². The molecule has 0 atom stereocenters. The number of amides is 1. The summed E-state index contributed by atoms with van der Waals surface area (Å²) in [6, 6.07) is 6.20. The molecule has 1 aromatic heterocycles. The summed E-state index contributed by atoms with van der Waals surface area (Å²) < 4.78 is 24.3. The number of halogens is 1. The number of ether oxygens (including phenoxy) is 1. The highest BCUT2D eigenvalue weighted by Gasteiger charge is 2.29. The van der Waals surface area contributed by atoms with Crippen molar-refractivity contribution in [1.82, 2.24) is 15.0 Å². The molecule has 1 aromatic carbocycles. The van der Waals surface area contributed by atoms with Crippen LogP contribution in [-0.2, 0) is 22.6 Å². The Morgan fingerprint density at radius 1 is 1.27 bits per heavy atom. The summed E-state index contributed by atoms with van der Waals surface area (Å²) in [5.74, 6) is 1.51. The molecule has 1 aliphatic heterocycles. The van der Waals surface area contributed by atoms with E-state index in [0.717, 1.165) is 31.5 Å². The van der Waals surface area contributed by atoms with Crippen LogP contribution in [0.2, 0.25) is 0 Å². The smallest absolute Gasteiger partial charge is 0.252 e. The first-order chi connectivity index (χ1) is 12.7. The molecule has 7 heteroatoms. The fourth-order valence-electron chi connectivity index (χ4n) is 3.23. The zero-order chi connectivity index (χ0) is 17.9. The average Bonchev–Trinajstić information content (AvgIpc) is 3.39. The van der Waals surface area contributed by atoms with Crippen LogP contribution < -0.4 is 0 Å². The minimum atomic E-state index is -0.312. The highest BCUT2D eigenvalue weighted by atomic mass is 19.1. The largest absolute Gasteiger partial charge is 0.368 e. The van der Waals surface area contributed by atoms with Crippen molar-refractivity contribution < 1.29 is 18.4 Å². The second-order valence-corrected chi connectivity index (χ2v) is 7.02. The summed E-state index contributed by atoms with van der Waals surface area (Å²) >= 11 is 0. The van der Waals surface area contributed by atoms with Crippen LogP contribution >= 0.6 is 0 Å². The quantitative estimate of drug-likeness (QED) is 0.793. The molecular weight excluding hydrogens is 337 g/mol. The van der Waals surface area contributed by atoms with Gasteiger partial charge in [0.15, 0.2) is 5.82 Å². The molecule has 0 spiro atoms. The van der Waals surface area contributed by atoms with E-state index in [9.17, 15) is 9.18 Å². The molecule has 0 N–H and O–H groups in total. The SMILES string of the molecule is O=C(Cc1cccc(F)c1)N1CCC(OCc2nc(C3CC3)no2)CC1. The number of benzene rings is 1. The lowest BCUT2D eigenvalue weighted by atomic mass is 10.1.